The van der Waals surface area contributed by atoms with Crippen molar-refractivity contribution < 1.29 is 37.3 Å². The number of imide groups is 1. The Kier molecular flexibility index (Phi) is 4.27. The molecular weight excluding hydrogens is 348 g/mol. The Labute approximate surface area is 133 Å². The molecule has 2 N–H and O–H groups in total. The lowest BCUT2D eigenvalue weighted by atomic mass is 10.2. The van der Waals surface area contributed by atoms with Gasteiger partial charge in [0.05, 0.1) is 12.0 Å². The number of amides is 2. The quantitative estimate of drug-likeness (QED) is 0.248. The summed E-state index contributed by atoms with van der Waals surface area (Å²) >= 11 is 0. The molecule has 0 aromatic heterocycles. The third-order valence-electron chi connectivity index (χ3n) is 3.00. The first kappa shape index (κ1) is 17.4. The molecule has 12 nitrogen and oxygen atoms in total. The molecule has 1 aliphatic heterocycles. The molecular formula is C11H8N4O8S. The largest absolute Gasteiger partial charge is 0.365 e. The van der Waals surface area contributed by atoms with Crippen LogP contribution in [0, 0.1) is 0 Å². The van der Waals surface area contributed by atoms with E-state index in [1.807, 2.05) is 0 Å². The van der Waals surface area contributed by atoms with E-state index in [9.17, 15) is 27.9 Å². The molecule has 2 amide bonds. The second-order valence-corrected chi connectivity index (χ2v) is 6.17. The van der Waals surface area contributed by atoms with Crippen molar-refractivity contribution >= 4 is 33.6 Å². The van der Waals surface area contributed by atoms with E-state index in [1.54, 1.807) is 0 Å². The minimum atomic E-state index is -5.32. The first-order valence-electron chi connectivity index (χ1n) is 6.04. The molecule has 1 aromatic rings. The lowest BCUT2D eigenvalue weighted by molar-refractivity contribution is -0.176. The lowest BCUT2D eigenvalue weighted by Crippen LogP contribution is -2.46. The van der Waals surface area contributed by atoms with E-state index in [0.29, 0.717) is 0 Å². The van der Waals surface area contributed by atoms with Gasteiger partial charge in [-0.1, -0.05) is 22.3 Å². The number of hydroxylamine groups is 2. The monoisotopic (exact) mass is 356 g/mol. The van der Waals surface area contributed by atoms with Gasteiger partial charge in [0.1, 0.15) is 0 Å². The van der Waals surface area contributed by atoms with E-state index < -0.39 is 39.3 Å². The van der Waals surface area contributed by atoms with Crippen molar-refractivity contribution in [1.82, 2.24) is 5.06 Å². The molecule has 2 rings (SSSR count). The normalized spacial score (nSPS) is 20.7. The summed E-state index contributed by atoms with van der Waals surface area (Å²) in [5.41, 5.74) is 8.28. The molecule has 1 unspecified atom stereocenters. The number of nitrogens with zero attached hydrogens (tertiary/aromatic N) is 4. The molecule has 0 spiro atoms. The Balaban J connectivity index is 2.21. The molecule has 126 valence electrons. The number of benzene rings is 1. The number of hydrogen-bond acceptors (Lipinski definition) is 8. The van der Waals surface area contributed by atoms with Crippen LogP contribution in [-0.4, -0.2) is 45.9 Å². The Hall–Kier alpha value is -2.99. The molecule has 1 atom stereocenters. The second-order valence-electron chi connectivity index (χ2n) is 4.54. The second kappa shape index (κ2) is 5.90. The average Bonchev–Trinajstić information content (AvgIpc) is 2.72. The minimum Gasteiger partial charge on any atom is -0.365 e. The summed E-state index contributed by atoms with van der Waals surface area (Å²) in [6.45, 7) is 0. The van der Waals surface area contributed by atoms with E-state index in [1.165, 1.54) is 12.1 Å². The van der Waals surface area contributed by atoms with Crippen molar-refractivity contribution in [2.75, 3.05) is 0 Å². The maximum atomic E-state index is 11.9. The SMILES string of the molecule is [N-]=[N+]=Nc1ccc(C(=O)ON2C(=O)CC(O)(S(=O)(=O)O)C2=O)cc1. The topological polar surface area (TPSA) is 187 Å². The number of hydrogen-bond donors (Lipinski definition) is 2. The summed E-state index contributed by atoms with van der Waals surface area (Å²) in [4.78, 5) is 38.8. The predicted octanol–water partition coefficient (Wildman–Crippen LogP) is 0.0355. The van der Waals surface area contributed by atoms with Crippen molar-refractivity contribution in [1.29, 1.82) is 0 Å². The van der Waals surface area contributed by atoms with Crippen LogP contribution in [0.4, 0.5) is 5.69 Å². The van der Waals surface area contributed by atoms with Crippen LogP contribution in [-0.2, 0) is 24.5 Å². The van der Waals surface area contributed by atoms with Gasteiger partial charge in [0.25, 0.3) is 10.8 Å². The van der Waals surface area contributed by atoms with Crippen LogP contribution in [0.15, 0.2) is 29.4 Å². The summed E-state index contributed by atoms with van der Waals surface area (Å²) in [5, 5.41) is 12.7. The molecule has 1 aromatic carbocycles. The van der Waals surface area contributed by atoms with Gasteiger partial charge >= 0.3 is 22.0 Å². The molecule has 0 radical (unpaired) electrons. The summed E-state index contributed by atoms with van der Waals surface area (Å²) in [6, 6.07) is 4.82. The number of carbonyl (C=O) groups excluding carboxylic acids is 3. The smallest absolute Gasteiger partial charge is 0.363 e. The van der Waals surface area contributed by atoms with E-state index in [0.717, 1.165) is 12.1 Å². The highest BCUT2D eigenvalue weighted by molar-refractivity contribution is 7.88. The van der Waals surface area contributed by atoms with Crippen molar-refractivity contribution in [2.24, 2.45) is 5.11 Å². The fourth-order valence-corrected chi connectivity index (χ4v) is 2.38. The fourth-order valence-electron chi connectivity index (χ4n) is 1.77. The van der Waals surface area contributed by atoms with Gasteiger partial charge in [-0.25, -0.2) is 4.79 Å². The van der Waals surface area contributed by atoms with E-state index in [2.05, 4.69) is 14.9 Å². The third-order valence-corrected chi connectivity index (χ3v) is 4.17. The van der Waals surface area contributed by atoms with Gasteiger partial charge in [-0.2, -0.15) is 8.42 Å². The van der Waals surface area contributed by atoms with Crippen LogP contribution < -0.4 is 0 Å². The van der Waals surface area contributed by atoms with Crippen molar-refractivity contribution in [2.45, 2.75) is 11.4 Å². The third kappa shape index (κ3) is 2.91. The van der Waals surface area contributed by atoms with Gasteiger partial charge in [0.15, 0.2) is 0 Å². The molecule has 0 saturated carbocycles. The van der Waals surface area contributed by atoms with E-state index in [-0.39, 0.29) is 16.3 Å². The first-order valence-corrected chi connectivity index (χ1v) is 7.48. The van der Waals surface area contributed by atoms with Gasteiger partial charge in [-0.15, -0.1) is 0 Å². The first-order chi connectivity index (χ1) is 11.1. The van der Waals surface area contributed by atoms with Crippen molar-refractivity contribution in [3.05, 3.63) is 40.3 Å². The van der Waals surface area contributed by atoms with Gasteiger partial charge < -0.3 is 9.94 Å². The summed E-state index contributed by atoms with van der Waals surface area (Å²) < 4.78 is 30.9. The van der Waals surface area contributed by atoms with E-state index >= 15 is 0 Å². The fraction of sp³-hybridized carbons (Fsp3) is 0.182. The van der Waals surface area contributed by atoms with Crippen LogP contribution in [0.25, 0.3) is 10.4 Å². The van der Waals surface area contributed by atoms with Crippen LogP contribution >= 0.6 is 0 Å². The number of carbonyl (C=O) groups is 3. The Morgan fingerprint density at radius 2 is 1.92 bits per heavy atom. The minimum absolute atomic E-state index is 0.158. The Morgan fingerprint density at radius 3 is 2.38 bits per heavy atom. The van der Waals surface area contributed by atoms with Crippen molar-refractivity contribution in [3.63, 3.8) is 0 Å². The zero-order valence-electron chi connectivity index (χ0n) is 11.6. The molecule has 1 aliphatic rings. The maximum Gasteiger partial charge on any atom is 0.363 e. The zero-order valence-corrected chi connectivity index (χ0v) is 12.4. The molecule has 0 bridgehead atoms. The van der Waals surface area contributed by atoms with Crippen LogP contribution in [0.5, 0.6) is 0 Å². The van der Waals surface area contributed by atoms with Gasteiger partial charge in [0, 0.05) is 10.6 Å². The zero-order chi connectivity index (χ0) is 18.1. The summed E-state index contributed by atoms with van der Waals surface area (Å²) in [6.07, 6.45) is -1.30. The summed E-state index contributed by atoms with van der Waals surface area (Å²) in [5.74, 6) is -4.36. The highest BCUT2D eigenvalue weighted by atomic mass is 32.2. The highest BCUT2D eigenvalue weighted by Crippen LogP contribution is 2.29. The molecule has 1 fully saturated rings. The molecule has 24 heavy (non-hydrogen) atoms. The highest BCUT2D eigenvalue weighted by Gasteiger charge is 2.61. The summed E-state index contributed by atoms with van der Waals surface area (Å²) in [7, 11) is -5.32. The van der Waals surface area contributed by atoms with Gasteiger partial charge in [-0.3, -0.25) is 14.1 Å². The number of rotatable bonds is 4. The Bertz CT molecular complexity index is 874. The molecule has 0 aliphatic carbocycles. The maximum absolute atomic E-state index is 11.9. The van der Waals surface area contributed by atoms with E-state index in [4.69, 9.17) is 10.1 Å². The molecule has 1 saturated heterocycles. The van der Waals surface area contributed by atoms with Crippen LogP contribution in [0.2, 0.25) is 0 Å². The van der Waals surface area contributed by atoms with Gasteiger partial charge in [0.2, 0.25) is 0 Å². The Morgan fingerprint density at radius 1 is 1.33 bits per heavy atom. The standard InChI is InChI=1S/C11H8N4O8S/c12-14-13-7-3-1-6(2-4-7)9(17)23-15-8(16)5-11(19,10(15)18)24(20,21)22/h1-4,19H,5H2,(H,20,21,22). The van der Waals surface area contributed by atoms with Crippen molar-refractivity contribution in [3.8, 4) is 0 Å². The number of aliphatic hydroxyl groups is 1. The molecule has 1 heterocycles. The number of azide groups is 1. The molecule has 13 heteroatoms. The predicted molar refractivity (Wildman–Crippen MR) is 73.6 cm³/mol. The average molecular weight is 356 g/mol. The van der Waals surface area contributed by atoms with Crippen LogP contribution in [0.3, 0.4) is 0 Å². The van der Waals surface area contributed by atoms with Crippen LogP contribution in [0.1, 0.15) is 16.8 Å². The van der Waals surface area contributed by atoms with Gasteiger partial charge in [-0.05, 0) is 17.7 Å². The lowest BCUT2D eigenvalue weighted by Gasteiger charge is -2.16.